The topological polar surface area (TPSA) is 9.23 Å². The minimum absolute atomic E-state index is 0. The molecule has 0 atom stereocenters. The van der Waals surface area contributed by atoms with Crippen molar-refractivity contribution in [1.82, 2.24) is 0 Å². The second-order valence-electron chi connectivity index (χ2n) is 4.78. The van der Waals surface area contributed by atoms with Crippen molar-refractivity contribution in [3.63, 3.8) is 0 Å². The summed E-state index contributed by atoms with van der Waals surface area (Å²) in [5, 5.41) is 0. The molecule has 0 saturated carbocycles. The van der Waals surface area contributed by atoms with E-state index >= 15 is 0 Å². The molecule has 0 aromatic heterocycles. The Balaban J connectivity index is 0.00000147. The Kier molecular flexibility index (Phi) is 5.78. The van der Waals surface area contributed by atoms with Gasteiger partial charge in [0.25, 0.3) is 0 Å². The normalized spacial score (nSPS) is 15.9. The van der Waals surface area contributed by atoms with E-state index in [1.54, 1.807) is 0 Å². The van der Waals surface area contributed by atoms with Crippen molar-refractivity contribution in [3.05, 3.63) is 71.3 Å². The van der Waals surface area contributed by atoms with E-state index in [1.165, 1.54) is 27.8 Å². The van der Waals surface area contributed by atoms with Gasteiger partial charge in [-0.2, -0.15) is 0 Å². The van der Waals surface area contributed by atoms with Crippen molar-refractivity contribution >= 4 is 23.6 Å². The zero-order chi connectivity index (χ0) is 13.1. The molecule has 1 aromatic carbocycles. The van der Waals surface area contributed by atoms with Crippen LogP contribution in [0.4, 0.5) is 0 Å². The van der Waals surface area contributed by atoms with E-state index in [1.807, 2.05) is 0 Å². The third-order valence-electron chi connectivity index (χ3n) is 3.59. The van der Waals surface area contributed by atoms with Gasteiger partial charge in [0.05, 0.1) is 0 Å². The molecular formula is C17H16ClOZr. The number of hydrogen-bond donors (Lipinski definition) is 0. The molecule has 2 aliphatic carbocycles. The molecule has 0 spiro atoms. The second-order valence-corrected chi connectivity index (χ2v) is 5.49. The van der Waals surface area contributed by atoms with Crippen molar-refractivity contribution < 1.29 is 28.0 Å². The van der Waals surface area contributed by atoms with Crippen molar-refractivity contribution in [2.75, 3.05) is 0 Å². The van der Waals surface area contributed by atoms with Gasteiger partial charge in [0, 0.05) is 0 Å². The molecule has 0 heterocycles. The molecule has 0 aliphatic heterocycles. The van der Waals surface area contributed by atoms with Crippen LogP contribution in [0.5, 0.6) is 0 Å². The van der Waals surface area contributed by atoms with Gasteiger partial charge in [0.2, 0.25) is 0 Å². The molecule has 0 radical (unpaired) electrons. The Morgan fingerprint density at radius 2 is 1.70 bits per heavy atom. The first kappa shape index (κ1) is 15.7. The fourth-order valence-electron chi connectivity index (χ4n) is 2.72. The van der Waals surface area contributed by atoms with Gasteiger partial charge < -0.3 is 0 Å². The van der Waals surface area contributed by atoms with Crippen molar-refractivity contribution in [1.29, 1.82) is 0 Å². The summed E-state index contributed by atoms with van der Waals surface area (Å²) in [5.41, 5.74) is 6.87. The Hall–Kier alpha value is -0.687. The fourth-order valence-corrected chi connectivity index (χ4v) is 3.11. The van der Waals surface area contributed by atoms with E-state index in [-0.39, 0.29) is 12.4 Å². The molecule has 0 fully saturated rings. The molecule has 2 aliphatic rings. The monoisotopic (exact) mass is 361 g/mol. The summed E-state index contributed by atoms with van der Waals surface area (Å²) in [6, 6.07) is 6.57. The van der Waals surface area contributed by atoms with Crippen LogP contribution in [0.15, 0.2) is 54.7 Å². The molecule has 0 saturated heterocycles. The average Bonchev–Trinajstić information content (AvgIpc) is 3.12. The predicted molar refractivity (Wildman–Crippen MR) is 81.9 cm³/mol. The number of allylic oxidation sites excluding steroid dienone is 8. The summed E-state index contributed by atoms with van der Waals surface area (Å²) in [7, 11) is 0. The first-order valence-electron chi connectivity index (χ1n) is 6.52. The van der Waals surface area contributed by atoms with Crippen LogP contribution in [0.25, 0.3) is 11.1 Å². The summed E-state index contributed by atoms with van der Waals surface area (Å²) < 4.78 is 5.45. The van der Waals surface area contributed by atoms with Crippen molar-refractivity contribution in [2.24, 2.45) is 0 Å². The number of halogens is 1. The Labute approximate surface area is 142 Å². The van der Waals surface area contributed by atoms with Crippen LogP contribution in [0.1, 0.15) is 29.5 Å². The van der Waals surface area contributed by atoms with Gasteiger partial charge in [-0.05, 0) is 0 Å². The van der Waals surface area contributed by atoms with Gasteiger partial charge in [-0.1, -0.05) is 0 Å². The molecule has 0 unspecified atom stereocenters. The van der Waals surface area contributed by atoms with Crippen LogP contribution in [0.2, 0.25) is 0 Å². The van der Waals surface area contributed by atoms with E-state index in [2.05, 4.69) is 54.7 Å². The summed E-state index contributed by atoms with van der Waals surface area (Å²) >= 11 is 1.13. The number of rotatable bonds is 4. The van der Waals surface area contributed by atoms with Crippen LogP contribution < -0.4 is 0 Å². The van der Waals surface area contributed by atoms with Gasteiger partial charge >= 0.3 is 130 Å². The van der Waals surface area contributed by atoms with Crippen LogP contribution in [0.3, 0.4) is 0 Å². The van der Waals surface area contributed by atoms with Crippen molar-refractivity contribution in [3.8, 4) is 0 Å². The molecule has 1 aromatic rings. The Morgan fingerprint density at radius 1 is 1.00 bits per heavy atom. The van der Waals surface area contributed by atoms with Crippen LogP contribution in [-0.4, -0.2) is 0 Å². The van der Waals surface area contributed by atoms with E-state index in [0.29, 0.717) is 6.61 Å². The maximum absolute atomic E-state index is 5.45. The summed E-state index contributed by atoms with van der Waals surface area (Å²) in [4.78, 5) is 0. The first-order valence-corrected chi connectivity index (χ1v) is 7.53. The molecule has 3 heteroatoms. The second kappa shape index (κ2) is 7.36. The number of hydrogen-bond acceptors (Lipinski definition) is 1. The van der Waals surface area contributed by atoms with Crippen molar-refractivity contribution in [2.45, 2.75) is 19.4 Å². The van der Waals surface area contributed by atoms with Gasteiger partial charge in [-0.3, -0.25) is 0 Å². The third-order valence-corrected chi connectivity index (χ3v) is 3.94. The van der Waals surface area contributed by atoms with Gasteiger partial charge in [-0.15, -0.1) is 12.4 Å². The van der Waals surface area contributed by atoms with E-state index < -0.39 is 0 Å². The third kappa shape index (κ3) is 3.14. The molecular weight excluding hydrogens is 347 g/mol. The standard InChI is InChI=1S/C17H15O.ClH.Zr/c18-12-15-10-5-11-16(13-6-1-2-7-13)17(15)14-8-3-4-9-14;;/h1-6,8,10-11H,7,9,12H2;1H;/q-1;;+1. The predicted octanol–water partition coefficient (Wildman–Crippen LogP) is 4.77. The van der Waals surface area contributed by atoms with Gasteiger partial charge in [0.1, 0.15) is 0 Å². The molecule has 0 N–H and O–H groups in total. The minimum atomic E-state index is 0. The van der Waals surface area contributed by atoms with Gasteiger partial charge in [0.15, 0.2) is 0 Å². The van der Waals surface area contributed by atoms with Crippen LogP contribution >= 0.6 is 12.4 Å². The van der Waals surface area contributed by atoms with Gasteiger partial charge in [-0.25, -0.2) is 0 Å². The molecule has 0 bridgehead atoms. The Morgan fingerprint density at radius 3 is 2.30 bits per heavy atom. The molecule has 101 valence electrons. The van der Waals surface area contributed by atoms with E-state index in [4.69, 9.17) is 2.81 Å². The zero-order valence-electron chi connectivity index (χ0n) is 11.1. The average molecular weight is 363 g/mol. The molecule has 1 nitrogen and oxygen atoms in total. The molecule has 20 heavy (non-hydrogen) atoms. The summed E-state index contributed by atoms with van der Waals surface area (Å²) in [5.74, 6) is 0. The zero-order valence-corrected chi connectivity index (χ0v) is 14.4. The fraction of sp³-hybridized carbons (Fsp3) is 0.176. The maximum atomic E-state index is 5.45. The Bertz CT molecular complexity index is 611. The van der Waals surface area contributed by atoms with Crippen LogP contribution in [-0.2, 0) is 34.6 Å². The quantitative estimate of drug-likeness (QED) is 0.749. The van der Waals surface area contributed by atoms with E-state index in [9.17, 15) is 0 Å². The SMILES string of the molecule is Cl.[Zr][O]Cc1cccc(C2=CC=CC2)c1C1=CC=CC1. The first-order chi connectivity index (χ1) is 9.40. The van der Waals surface area contributed by atoms with Crippen LogP contribution in [0, 0.1) is 0 Å². The molecule has 0 amide bonds. The number of benzene rings is 1. The summed E-state index contributed by atoms with van der Waals surface area (Å²) in [6.07, 6.45) is 15.3. The van der Waals surface area contributed by atoms with E-state index in [0.717, 1.165) is 38.0 Å². The summed E-state index contributed by atoms with van der Waals surface area (Å²) in [6.45, 7) is 0.708. The molecule has 3 rings (SSSR count).